The van der Waals surface area contributed by atoms with Crippen molar-refractivity contribution < 1.29 is 52.4 Å². The number of benzene rings is 6. The number of azide groups is 1. The first-order valence-corrected chi connectivity index (χ1v) is 43.1. The van der Waals surface area contributed by atoms with Crippen molar-refractivity contribution in [3.63, 3.8) is 0 Å². The number of nitrogens with zero attached hydrogens (tertiary/aromatic N) is 14. The molecular weight excluding hydrogens is 1670 g/mol. The van der Waals surface area contributed by atoms with Gasteiger partial charge >= 0.3 is 0 Å². The van der Waals surface area contributed by atoms with Crippen LogP contribution in [0.3, 0.4) is 0 Å². The highest BCUT2D eigenvalue weighted by Gasteiger charge is 2.37. The van der Waals surface area contributed by atoms with Crippen molar-refractivity contribution in [2.75, 3.05) is 120 Å². The minimum Gasteiger partial charge on any atom is -0.451 e. The van der Waals surface area contributed by atoms with Crippen molar-refractivity contribution >= 4 is 162 Å². The first kappa shape index (κ1) is 97.0. The van der Waals surface area contributed by atoms with Crippen LogP contribution in [0.2, 0.25) is 56.4 Å². The molecule has 6 aromatic rings. The van der Waals surface area contributed by atoms with Crippen LogP contribution in [0.15, 0.2) is 114 Å². The van der Waals surface area contributed by atoms with Gasteiger partial charge in [0.25, 0.3) is 52.4 Å². The van der Waals surface area contributed by atoms with Crippen LogP contribution in [-0.4, -0.2) is 171 Å². The molecule has 0 spiro atoms. The first-order chi connectivity index (χ1) is 55.5. The molecule has 12 atom stereocenters. The lowest BCUT2D eigenvalue weighted by Gasteiger charge is -2.23. The number of halogens is 6. The summed E-state index contributed by atoms with van der Waals surface area (Å²) in [6.07, 6.45) is 7.32. The Kier molecular flexibility index (Phi) is 36.9. The Hall–Kier alpha value is -8.15. The maximum Gasteiger partial charge on any atom is 0.294 e. The molecule has 6 heterocycles. The molecule has 6 aliphatic heterocycles. The smallest absolute Gasteiger partial charge is 0.294 e. The van der Waals surface area contributed by atoms with E-state index in [0.29, 0.717) is 127 Å². The van der Waals surface area contributed by atoms with Crippen LogP contribution >= 0.6 is 69.6 Å². The third-order valence-corrected chi connectivity index (χ3v) is 24.5. The Morgan fingerprint density at radius 2 is 0.720 bits per heavy atom. The summed E-state index contributed by atoms with van der Waals surface area (Å²) >= 11 is 35.0. The van der Waals surface area contributed by atoms with Gasteiger partial charge in [-0.05, 0) is 192 Å². The fourth-order valence-electron chi connectivity index (χ4n) is 15.9. The molecule has 6 saturated heterocycles. The molecular formula is C77H104B2Cl6N16O16S. The minimum atomic E-state index is -3.51. The molecule has 32 nitrogen and oxygen atoms in total. The quantitative estimate of drug-likeness (QED) is 0.00549. The van der Waals surface area contributed by atoms with Gasteiger partial charge in [-0.2, -0.15) is 8.42 Å². The van der Waals surface area contributed by atoms with Gasteiger partial charge in [-0.3, -0.25) is 54.8 Å². The van der Waals surface area contributed by atoms with Crippen molar-refractivity contribution in [3.8, 4) is 0 Å². The zero-order chi connectivity index (χ0) is 87.3. The Morgan fingerprint density at radius 1 is 0.466 bits per heavy atom. The zero-order valence-corrected chi connectivity index (χ0v) is 72.7. The van der Waals surface area contributed by atoms with Crippen LogP contribution in [0.1, 0.15) is 80.1 Å². The number of hydrogen-bond acceptors (Lipinski definition) is 25. The summed E-state index contributed by atoms with van der Waals surface area (Å²) in [6.45, 7) is 23.8. The van der Waals surface area contributed by atoms with Gasteiger partial charge in [-0.1, -0.05) is 109 Å². The van der Waals surface area contributed by atoms with E-state index >= 15 is 0 Å². The van der Waals surface area contributed by atoms with Crippen molar-refractivity contribution in [1.82, 2.24) is 0 Å². The summed E-state index contributed by atoms with van der Waals surface area (Å²) in [5.74, 6) is 2.78. The number of nitrogen functional groups attached to an aromatic ring is 1. The largest absolute Gasteiger partial charge is 0.451 e. The highest BCUT2D eigenvalue weighted by Crippen LogP contribution is 2.42. The molecule has 642 valence electrons. The summed E-state index contributed by atoms with van der Waals surface area (Å²) in [4.78, 5) is 68.4. The lowest BCUT2D eigenvalue weighted by molar-refractivity contribution is -0.384. The number of nitro benzene ring substituents is 5. The van der Waals surface area contributed by atoms with Gasteiger partial charge in [0.1, 0.15) is 28.4 Å². The molecule has 12 unspecified atom stereocenters. The Morgan fingerprint density at radius 3 is 0.992 bits per heavy atom. The second-order valence-corrected chi connectivity index (χ2v) is 35.5. The molecule has 0 amide bonds. The lowest BCUT2D eigenvalue weighted by Crippen LogP contribution is -2.29. The molecule has 0 aliphatic carbocycles. The number of nitrogens with two attached hydrogens (primary N) is 2. The third kappa shape index (κ3) is 28.5. The molecule has 41 heteroatoms. The van der Waals surface area contributed by atoms with E-state index in [-0.39, 0.29) is 88.1 Å². The first-order valence-electron chi connectivity index (χ1n) is 39.0. The Labute approximate surface area is 718 Å². The van der Waals surface area contributed by atoms with Gasteiger partial charge in [0, 0.05) is 168 Å². The molecule has 118 heavy (non-hydrogen) atoms. The van der Waals surface area contributed by atoms with Crippen LogP contribution in [0.4, 0.5) is 68.2 Å². The van der Waals surface area contributed by atoms with E-state index in [4.69, 9.17) is 90.8 Å². The zero-order valence-electron chi connectivity index (χ0n) is 67.4. The summed E-state index contributed by atoms with van der Waals surface area (Å²) in [6, 6.07) is 29.2. The average molecular weight is 1780 g/mol. The standard InChI is InChI=1S/C14H20BClN2O3.C14H22BClN2O.C13H17ClN2O5S.C12H14ClN5O2.C12H16ClN3O2.C12H15ClN2O3/c1-10(8-15(2)19)11-5-6-17(9-11)13-4-3-12(16)7-14(13)18(20)21;1-10(8-15(2)19)11-5-6-18(9-11)14-4-3-12(16)7-13(14)17;1-9(21-22(2,19)20)10-5-6-15(8-10)12-4-3-11(14)7-13(12)16(17)18;1-8(15-16-14)9-4-5-17(7-9)11-3-2-10(13)6-12(11)18(19)20;1-8(14)9-4-5-15(7-9)11-3-2-10(13)6-12(11)16(17)18;1-8(16)9-4-5-14(7-9)11-3-2-10(13)6-12(11)15(17)18/h3-4,7,10-11,19H,5-6,8-9H2,1-2H3;3-4,7,10-11,19H,5-6,8-9,17H2,1-2H3;3-4,7,9-10H,5-6,8H2,1-2H3;2-3,6,8-9H,4-5,7H2,1H3;2-3,6,8-9H,4-5,7,14H2,1H3;2-3,6,8-9,16H,4-5,7H2,1H3. The van der Waals surface area contributed by atoms with Gasteiger partial charge in [0.2, 0.25) is 0 Å². The monoisotopic (exact) mass is 1770 g/mol. The summed E-state index contributed by atoms with van der Waals surface area (Å²) in [5.41, 5.74) is 25.2. The van der Waals surface area contributed by atoms with E-state index in [1.54, 1.807) is 81.3 Å². The highest BCUT2D eigenvalue weighted by atomic mass is 35.5. The predicted octanol–water partition coefficient (Wildman–Crippen LogP) is 17.4. The maximum absolute atomic E-state index is 11.2. The normalized spacial score (nSPS) is 20.3. The molecule has 12 rings (SSSR count). The fourth-order valence-corrected chi connectivity index (χ4v) is 17.6. The average Bonchev–Trinajstić information content (AvgIpc) is 1.59. The van der Waals surface area contributed by atoms with Gasteiger partial charge in [0.15, 0.2) is 0 Å². The SMILES string of the molecule is CB(O)CC(C)C1CCN(c2ccc(Cl)cc2N)C1.CB(O)CC(C)C1CCN(c2ccc(Cl)cc2[N+](=O)[O-])C1.CC(N)C1CCN(c2ccc(Cl)cc2[N+](=O)[O-])C1.CC(N=[N+]=[N-])C1CCN(c2ccc(Cl)cc2[N+](=O)[O-])C1.CC(O)C1CCN(c2ccc(Cl)cc2[N+](=O)[O-])C1.CC(OS(C)(=O)=O)C1CCN(c2ccc(Cl)cc2[N+](=O)[O-])C1. The maximum atomic E-state index is 11.2. The van der Waals surface area contributed by atoms with Gasteiger partial charge in [-0.15, -0.1) is 0 Å². The Balaban J connectivity index is 0.000000196. The molecule has 0 saturated carbocycles. The second kappa shape index (κ2) is 44.9. The minimum absolute atomic E-state index is 0.00888. The van der Waals surface area contributed by atoms with Crippen molar-refractivity contribution in [2.24, 2.45) is 58.2 Å². The van der Waals surface area contributed by atoms with Gasteiger partial charge in [-0.25, -0.2) is 0 Å². The number of aliphatic hydroxyl groups excluding tert-OH is 1. The van der Waals surface area contributed by atoms with E-state index in [2.05, 4.69) is 33.7 Å². The van der Waals surface area contributed by atoms with E-state index in [0.717, 1.165) is 108 Å². The summed E-state index contributed by atoms with van der Waals surface area (Å²) in [5, 5.41) is 90.2. The lowest BCUT2D eigenvalue weighted by atomic mass is 9.62. The Bertz CT molecular complexity index is 4530. The topological polar surface area (TPSA) is 440 Å². The van der Waals surface area contributed by atoms with Crippen molar-refractivity contribution in [3.05, 3.63) is 200 Å². The predicted molar refractivity (Wildman–Crippen MR) is 473 cm³/mol. The van der Waals surface area contributed by atoms with Crippen LogP contribution in [0.25, 0.3) is 10.4 Å². The molecule has 6 fully saturated rings. The number of anilines is 7. The van der Waals surface area contributed by atoms with Gasteiger partial charge < -0.3 is 56.0 Å². The molecule has 0 aromatic heterocycles. The van der Waals surface area contributed by atoms with E-state index in [9.17, 15) is 74.1 Å². The second-order valence-electron chi connectivity index (χ2n) is 31.3. The summed E-state index contributed by atoms with van der Waals surface area (Å²) in [7, 11) is -3.51. The molecule has 0 bridgehead atoms. The summed E-state index contributed by atoms with van der Waals surface area (Å²) < 4.78 is 27.4. The van der Waals surface area contributed by atoms with Crippen LogP contribution < -0.4 is 40.9 Å². The number of rotatable bonds is 24. The third-order valence-electron chi connectivity index (χ3n) is 22.4. The molecule has 7 N–H and O–H groups in total. The van der Waals surface area contributed by atoms with Crippen molar-refractivity contribution in [2.45, 2.75) is 131 Å². The fraction of sp³-hybridized carbons (Fsp3) is 0.532. The van der Waals surface area contributed by atoms with Crippen LogP contribution in [0.5, 0.6) is 0 Å². The van der Waals surface area contributed by atoms with Gasteiger partial charge in [0.05, 0.1) is 54.5 Å². The molecule has 0 radical (unpaired) electrons. The van der Waals surface area contributed by atoms with E-state index < -0.39 is 31.0 Å². The molecule has 6 aromatic carbocycles. The molecule has 6 aliphatic rings. The number of aliphatic hydroxyl groups is 1. The number of hydrogen-bond donors (Lipinski definition) is 5. The van der Waals surface area contributed by atoms with E-state index in [1.165, 1.54) is 30.3 Å². The van der Waals surface area contributed by atoms with E-state index in [1.807, 2.05) is 58.5 Å². The number of nitro groups is 5. The van der Waals surface area contributed by atoms with Crippen LogP contribution in [0, 0.1) is 97.9 Å². The van der Waals surface area contributed by atoms with Crippen molar-refractivity contribution in [1.29, 1.82) is 0 Å². The van der Waals surface area contributed by atoms with Crippen LogP contribution in [-0.2, 0) is 14.3 Å². The highest BCUT2D eigenvalue weighted by molar-refractivity contribution is 7.86.